The zero-order chi connectivity index (χ0) is 15.1. The van der Waals surface area contributed by atoms with E-state index in [1.165, 1.54) is 17.7 Å². The standard InChI is InChI=1S/C14H18N4O2S/c1-8-6-18(5-4-17(8)3)12-10-9(2)11(14(19)20)21-13(10)16-7-15-12/h7-8H,4-6H2,1-3H3,(H,19,20). The highest BCUT2D eigenvalue weighted by atomic mass is 32.1. The van der Waals surface area contributed by atoms with Crippen LogP contribution < -0.4 is 4.90 Å². The van der Waals surface area contributed by atoms with Crippen molar-refractivity contribution in [2.45, 2.75) is 19.9 Å². The molecule has 0 aliphatic carbocycles. The normalized spacial score (nSPS) is 20.1. The molecule has 2 aromatic heterocycles. The van der Waals surface area contributed by atoms with Crippen molar-refractivity contribution in [3.05, 3.63) is 16.8 Å². The zero-order valence-corrected chi connectivity index (χ0v) is 13.1. The molecule has 0 bridgehead atoms. The Morgan fingerprint density at radius 2 is 2.19 bits per heavy atom. The van der Waals surface area contributed by atoms with Crippen molar-refractivity contribution in [2.24, 2.45) is 0 Å². The number of carboxylic acids is 1. The van der Waals surface area contributed by atoms with Crippen LogP contribution in [0.2, 0.25) is 0 Å². The van der Waals surface area contributed by atoms with E-state index in [0.29, 0.717) is 10.9 Å². The Morgan fingerprint density at radius 1 is 1.43 bits per heavy atom. The average molecular weight is 306 g/mol. The molecule has 0 radical (unpaired) electrons. The van der Waals surface area contributed by atoms with Gasteiger partial charge >= 0.3 is 5.97 Å². The van der Waals surface area contributed by atoms with E-state index in [1.807, 2.05) is 6.92 Å². The quantitative estimate of drug-likeness (QED) is 0.913. The number of aromatic carboxylic acids is 1. The number of thiophene rings is 1. The number of likely N-dealkylation sites (N-methyl/N-ethyl adjacent to an activating group) is 1. The maximum absolute atomic E-state index is 11.3. The number of nitrogens with zero attached hydrogens (tertiary/aromatic N) is 4. The second-order valence-electron chi connectivity index (χ2n) is 5.51. The number of hydrogen-bond donors (Lipinski definition) is 1. The summed E-state index contributed by atoms with van der Waals surface area (Å²) in [7, 11) is 2.12. The number of rotatable bonds is 2. The predicted molar refractivity (Wildman–Crippen MR) is 83.4 cm³/mol. The fraction of sp³-hybridized carbons (Fsp3) is 0.500. The van der Waals surface area contributed by atoms with Gasteiger partial charge in [-0.15, -0.1) is 11.3 Å². The Hall–Kier alpha value is -1.73. The highest BCUT2D eigenvalue weighted by Crippen LogP contribution is 2.35. The lowest BCUT2D eigenvalue weighted by Gasteiger charge is -2.38. The first-order valence-corrected chi connectivity index (χ1v) is 7.73. The van der Waals surface area contributed by atoms with E-state index in [9.17, 15) is 9.90 Å². The van der Waals surface area contributed by atoms with Crippen LogP contribution in [0.4, 0.5) is 5.82 Å². The average Bonchev–Trinajstić information content (AvgIpc) is 2.80. The van der Waals surface area contributed by atoms with Gasteiger partial charge in [0, 0.05) is 25.7 Å². The first-order chi connectivity index (χ1) is 9.99. The Kier molecular flexibility index (Phi) is 3.54. The molecule has 1 aliphatic rings. The smallest absolute Gasteiger partial charge is 0.346 e. The van der Waals surface area contributed by atoms with E-state index in [4.69, 9.17) is 0 Å². The fourth-order valence-electron chi connectivity index (χ4n) is 2.74. The van der Waals surface area contributed by atoms with Gasteiger partial charge < -0.3 is 14.9 Å². The van der Waals surface area contributed by atoms with Crippen molar-refractivity contribution in [2.75, 3.05) is 31.6 Å². The lowest BCUT2D eigenvalue weighted by Crippen LogP contribution is -2.50. The molecule has 1 unspecified atom stereocenters. The van der Waals surface area contributed by atoms with Gasteiger partial charge in [-0.1, -0.05) is 0 Å². The minimum Gasteiger partial charge on any atom is -0.477 e. The fourth-order valence-corrected chi connectivity index (χ4v) is 3.72. The van der Waals surface area contributed by atoms with Gasteiger partial charge in [-0.2, -0.15) is 0 Å². The Balaban J connectivity index is 2.09. The Morgan fingerprint density at radius 3 is 2.86 bits per heavy atom. The predicted octanol–water partition coefficient (Wildman–Crippen LogP) is 1.84. The maximum Gasteiger partial charge on any atom is 0.346 e. The summed E-state index contributed by atoms with van der Waals surface area (Å²) in [5, 5.41) is 10.2. The van der Waals surface area contributed by atoms with Gasteiger partial charge in [-0.25, -0.2) is 14.8 Å². The lowest BCUT2D eigenvalue weighted by molar-refractivity contribution is 0.0701. The molecule has 0 saturated carbocycles. The molecular formula is C14H18N4O2S. The molecule has 0 amide bonds. The molecule has 1 saturated heterocycles. The van der Waals surface area contributed by atoms with E-state index in [-0.39, 0.29) is 0 Å². The summed E-state index contributed by atoms with van der Waals surface area (Å²) in [5.41, 5.74) is 0.768. The van der Waals surface area contributed by atoms with Crippen LogP contribution in [0, 0.1) is 6.92 Å². The van der Waals surface area contributed by atoms with Crippen molar-refractivity contribution in [1.29, 1.82) is 0 Å². The summed E-state index contributed by atoms with van der Waals surface area (Å²) in [4.78, 5) is 25.7. The molecule has 6 nitrogen and oxygen atoms in total. The minimum absolute atomic E-state index is 0.355. The van der Waals surface area contributed by atoms with Crippen molar-refractivity contribution in [3.63, 3.8) is 0 Å². The first kappa shape index (κ1) is 14.2. The number of carboxylic acid groups (broad SMARTS) is 1. The molecule has 1 fully saturated rings. The lowest BCUT2D eigenvalue weighted by atomic mass is 10.1. The van der Waals surface area contributed by atoms with Crippen molar-refractivity contribution in [1.82, 2.24) is 14.9 Å². The Labute approximate surface area is 127 Å². The van der Waals surface area contributed by atoms with Crippen LogP contribution in [0.15, 0.2) is 6.33 Å². The van der Waals surface area contributed by atoms with Crippen LogP contribution in [0.1, 0.15) is 22.2 Å². The van der Waals surface area contributed by atoms with Crippen LogP contribution in [0.3, 0.4) is 0 Å². The zero-order valence-electron chi connectivity index (χ0n) is 12.3. The number of aromatic nitrogens is 2. The van der Waals surface area contributed by atoms with Crippen molar-refractivity contribution < 1.29 is 9.90 Å². The highest BCUT2D eigenvalue weighted by molar-refractivity contribution is 7.20. The first-order valence-electron chi connectivity index (χ1n) is 6.91. The summed E-state index contributed by atoms with van der Waals surface area (Å²) in [5.74, 6) is -0.0330. The van der Waals surface area contributed by atoms with Gasteiger partial charge in [-0.3, -0.25) is 0 Å². The van der Waals surface area contributed by atoms with Gasteiger partial charge in [0.05, 0.1) is 5.39 Å². The molecule has 7 heteroatoms. The SMILES string of the molecule is Cc1c(C(=O)O)sc2ncnc(N3CCN(C)C(C)C3)c12. The van der Waals surface area contributed by atoms with Crippen LogP contribution in [-0.4, -0.2) is 58.7 Å². The molecule has 2 aromatic rings. The van der Waals surface area contributed by atoms with Crippen molar-refractivity contribution >= 4 is 33.3 Å². The number of piperazine rings is 1. The summed E-state index contributed by atoms with van der Waals surface area (Å²) in [6.07, 6.45) is 1.53. The molecule has 1 atom stereocenters. The topological polar surface area (TPSA) is 69.6 Å². The molecule has 21 heavy (non-hydrogen) atoms. The van der Waals surface area contributed by atoms with Crippen LogP contribution in [-0.2, 0) is 0 Å². The van der Waals surface area contributed by atoms with Crippen molar-refractivity contribution in [3.8, 4) is 0 Å². The molecule has 1 aliphatic heterocycles. The van der Waals surface area contributed by atoms with Crippen LogP contribution in [0.5, 0.6) is 0 Å². The third-order valence-electron chi connectivity index (χ3n) is 4.16. The van der Waals surface area contributed by atoms with Crippen LogP contribution in [0.25, 0.3) is 10.2 Å². The highest BCUT2D eigenvalue weighted by Gasteiger charge is 2.26. The summed E-state index contributed by atoms with van der Waals surface area (Å²) >= 11 is 1.22. The Bertz CT molecular complexity index is 700. The van der Waals surface area contributed by atoms with Crippen LogP contribution >= 0.6 is 11.3 Å². The number of aryl methyl sites for hydroxylation is 1. The molecule has 3 heterocycles. The van der Waals surface area contributed by atoms with Gasteiger partial charge in [0.1, 0.15) is 21.9 Å². The van der Waals surface area contributed by atoms with Gasteiger partial charge in [0.2, 0.25) is 0 Å². The monoisotopic (exact) mass is 306 g/mol. The second-order valence-corrected chi connectivity index (χ2v) is 6.51. The summed E-state index contributed by atoms with van der Waals surface area (Å²) < 4.78 is 0. The molecule has 1 N–H and O–H groups in total. The summed E-state index contributed by atoms with van der Waals surface area (Å²) in [6.45, 7) is 6.79. The summed E-state index contributed by atoms with van der Waals surface area (Å²) in [6, 6.07) is 0.446. The van der Waals surface area contributed by atoms with E-state index in [0.717, 1.165) is 41.2 Å². The third kappa shape index (κ3) is 2.36. The molecular weight excluding hydrogens is 288 g/mol. The maximum atomic E-state index is 11.3. The number of carbonyl (C=O) groups is 1. The van der Waals surface area contributed by atoms with E-state index < -0.39 is 5.97 Å². The van der Waals surface area contributed by atoms with E-state index in [2.05, 4.69) is 33.7 Å². The van der Waals surface area contributed by atoms with Gasteiger partial charge in [0.25, 0.3) is 0 Å². The molecule has 0 spiro atoms. The number of hydrogen-bond acceptors (Lipinski definition) is 6. The molecule has 112 valence electrons. The largest absolute Gasteiger partial charge is 0.477 e. The van der Waals surface area contributed by atoms with Gasteiger partial charge in [0.15, 0.2) is 0 Å². The van der Waals surface area contributed by atoms with Gasteiger partial charge in [-0.05, 0) is 26.5 Å². The molecule has 3 rings (SSSR count). The third-order valence-corrected chi connectivity index (χ3v) is 5.35. The minimum atomic E-state index is -0.895. The second kappa shape index (κ2) is 5.23. The number of anilines is 1. The van der Waals surface area contributed by atoms with E-state index in [1.54, 1.807) is 0 Å². The number of fused-ring (bicyclic) bond motifs is 1. The molecule has 0 aromatic carbocycles. The van der Waals surface area contributed by atoms with E-state index >= 15 is 0 Å².